The van der Waals surface area contributed by atoms with Crippen LogP contribution < -0.4 is 11.1 Å². The Kier molecular flexibility index (Phi) is 2.88. The summed E-state index contributed by atoms with van der Waals surface area (Å²) in [5.74, 6) is -0.179. The molecule has 0 fully saturated rings. The number of aromatic nitrogens is 3. The molecule has 3 aromatic rings. The second kappa shape index (κ2) is 4.69. The van der Waals surface area contributed by atoms with Crippen LogP contribution in [0.4, 0.5) is 10.8 Å². The number of nitrogens with one attached hydrogen (secondary N) is 1. The molecule has 6 nitrogen and oxygen atoms in total. The standard InChI is InChI=1S/C12H11N5OS/c13-8-5-14-17(6-8)7-11(18)16-12-15-9-3-1-2-4-10(9)19-12/h1-6H,7,13H2,(H,15,16,18). The first kappa shape index (κ1) is 11.7. The van der Waals surface area contributed by atoms with E-state index in [1.54, 1.807) is 6.20 Å². The van der Waals surface area contributed by atoms with E-state index in [1.807, 2.05) is 24.3 Å². The minimum Gasteiger partial charge on any atom is -0.396 e. The van der Waals surface area contributed by atoms with Crippen molar-refractivity contribution in [2.45, 2.75) is 6.54 Å². The molecule has 1 aromatic carbocycles. The van der Waals surface area contributed by atoms with Gasteiger partial charge < -0.3 is 11.1 Å². The summed E-state index contributed by atoms with van der Waals surface area (Å²) in [6, 6.07) is 7.74. The minimum atomic E-state index is -0.179. The number of nitrogens with zero attached hydrogens (tertiary/aromatic N) is 3. The van der Waals surface area contributed by atoms with E-state index in [1.165, 1.54) is 22.2 Å². The van der Waals surface area contributed by atoms with Crippen LogP contribution in [0, 0.1) is 0 Å². The lowest BCUT2D eigenvalue weighted by Crippen LogP contribution is -2.18. The molecule has 0 unspecified atom stereocenters. The van der Waals surface area contributed by atoms with Gasteiger partial charge in [0.05, 0.1) is 22.1 Å². The molecule has 0 bridgehead atoms. The van der Waals surface area contributed by atoms with Crippen molar-refractivity contribution in [1.82, 2.24) is 14.8 Å². The van der Waals surface area contributed by atoms with Crippen molar-refractivity contribution in [2.75, 3.05) is 11.1 Å². The van der Waals surface area contributed by atoms with Crippen LogP contribution in [0.15, 0.2) is 36.7 Å². The van der Waals surface area contributed by atoms with E-state index in [-0.39, 0.29) is 12.5 Å². The van der Waals surface area contributed by atoms with Crippen LogP contribution in [-0.2, 0) is 11.3 Å². The van der Waals surface area contributed by atoms with Crippen LogP contribution >= 0.6 is 11.3 Å². The Balaban J connectivity index is 1.72. The van der Waals surface area contributed by atoms with Crippen LogP contribution in [0.5, 0.6) is 0 Å². The third kappa shape index (κ3) is 2.55. The number of benzene rings is 1. The monoisotopic (exact) mass is 273 g/mol. The van der Waals surface area contributed by atoms with Gasteiger partial charge in [-0.2, -0.15) is 5.10 Å². The molecule has 0 radical (unpaired) electrons. The minimum absolute atomic E-state index is 0.118. The van der Waals surface area contributed by atoms with Crippen molar-refractivity contribution < 1.29 is 4.79 Å². The Morgan fingerprint density at radius 3 is 3.00 bits per heavy atom. The summed E-state index contributed by atoms with van der Waals surface area (Å²) in [6.07, 6.45) is 3.11. The average molecular weight is 273 g/mol. The first-order valence-electron chi connectivity index (χ1n) is 5.64. The SMILES string of the molecule is Nc1cnn(CC(=O)Nc2nc3ccccc3s2)c1. The zero-order chi connectivity index (χ0) is 13.2. The highest BCUT2D eigenvalue weighted by atomic mass is 32.1. The first-order chi connectivity index (χ1) is 9.20. The number of fused-ring (bicyclic) bond motifs is 1. The van der Waals surface area contributed by atoms with E-state index in [9.17, 15) is 4.79 Å². The van der Waals surface area contributed by atoms with E-state index in [0.29, 0.717) is 10.8 Å². The predicted molar refractivity (Wildman–Crippen MR) is 74.9 cm³/mol. The van der Waals surface area contributed by atoms with E-state index >= 15 is 0 Å². The highest BCUT2D eigenvalue weighted by molar-refractivity contribution is 7.22. The number of anilines is 2. The summed E-state index contributed by atoms with van der Waals surface area (Å²) in [5.41, 5.74) is 6.95. The van der Waals surface area contributed by atoms with Gasteiger partial charge >= 0.3 is 0 Å². The number of hydrogen-bond acceptors (Lipinski definition) is 5. The van der Waals surface area contributed by atoms with Crippen LogP contribution in [-0.4, -0.2) is 20.7 Å². The fourth-order valence-electron chi connectivity index (χ4n) is 1.70. The molecule has 0 atom stereocenters. The second-order valence-corrected chi connectivity index (χ2v) is 5.04. The molecule has 3 N–H and O–H groups in total. The summed E-state index contributed by atoms with van der Waals surface area (Å²) < 4.78 is 2.53. The van der Waals surface area contributed by atoms with Crippen LogP contribution in [0.25, 0.3) is 10.2 Å². The molecule has 2 heterocycles. The largest absolute Gasteiger partial charge is 0.396 e. The van der Waals surface area contributed by atoms with Crippen molar-refractivity contribution in [3.05, 3.63) is 36.7 Å². The van der Waals surface area contributed by atoms with E-state index < -0.39 is 0 Å². The second-order valence-electron chi connectivity index (χ2n) is 4.01. The summed E-state index contributed by atoms with van der Waals surface area (Å²) in [6.45, 7) is 0.118. The predicted octanol–water partition coefficient (Wildman–Crippen LogP) is 1.71. The molecule has 96 valence electrons. The van der Waals surface area contributed by atoms with Crippen molar-refractivity contribution in [3.63, 3.8) is 0 Å². The fourth-order valence-corrected chi connectivity index (χ4v) is 2.58. The Labute approximate surface area is 112 Å². The maximum Gasteiger partial charge on any atom is 0.247 e. The number of carbonyl (C=O) groups excluding carboxylic acids is 1. The molecule has 0 saturated heterocycles. The molecule has 0 aliphatic heterocycles. The van der Waals surface area contributed by atoms with Crippen LogP contribution in [0.3, 0.4) is 0 Å². The molecule has 2 aromatic heterocycles. The third-order valence-corrected chi connectivity index (χ3v) is 3.45. The van der Waals surface area contributed by atoms with Gasteiger partial charge in [0.1, 0.15) is 6.54 Å². The first-order valence-corrected chi connectivity index (χ1v) is 6.46. The number of hydrogen-bond donors (Lipinski definition) is 2. The number of nitrogens with two attached hydrogens (primary N) is 1. The molecule has 0 aliphatic rings. The lowest BCUT2D eigenvalue weighted by molar-refractivity contribution is -0.116. The zero-order valence-corrected chi connectivity index (χ0v) is 10.7. The smallest absolute Gasteiger partial charge is 0.247 e. The zero-order valence-electron chi connectivity index (χ0n) is 9.91. The number of nitrogen functional groups attached to an aromatic ring is 1. The fraction of sp³-hybridized carbons (Fsp3) is 0.0833. The Bertz CT molecular complexity index is 699. The topological polar surface area (TPSA) is 85.8 Å². The number of para-hydroxylation sites is 1. The Morgan fingerprint density at radius 1 is 1.42 bits per heavy atom. The van der Waals surface area contributed by atoms with Gasteiger partial charge in [0.25, 0.3) is 0 Å². The molecule has 0 spiro atoms. The van der Waals surface area contributed by atoms with Gasteiger partial charge in [-0.25, -0.2) is 4.98 Å². The van der Waals surface area contributed by atoms with Crippen molar-refractivity contribution in [1.29, 1.82) is 0 Å². The Hall–Kier alpha value is -2.41. The molecular formula is C12H11N5OS. The summed E-state index contributed by atoms with van der Waals surface area (Å²) >= 11 is 1.44. The van der Waals surface area contributed by atoms with Crippen molar-refractivity contribution in [2.24, 2.45) is 0 Å². The maximum atomic E-state index is 11.8. The normalized spacial score (nSPS) is 10.7. The third-order valence-electron chi connectivity index (χ3n) is 2.50. The molecule has 3 rings (SSSR count). The number of amides is 1. The summed E-state index contributed by atoms with van der Waals surface area (Å²) in [5, 5.41) is 7.30. The molecule has 19 heavy (non-hydrogen) atoms. The summed E-state index contributed by atoms with van der Waals surface area (Å²) in [7, 11) is 0. The number of rotatable bonds is 3. The molecule has 7 heteroatoms. The quantitative estimate of drug-likeness (QED) is 0.760. The van der Waals surface area contributed by atoms with Crippen molar-refractivity contribution in [3.8, 4) is 0 Å². The van der Waals surface area contributed by atoms with Gasteiger partial charge in [-0.05, 0) is 12.1 Å². The Morgan fingerprint density at radius 2 is 2.26 bits per heavy atom. The maximum absolute atomic E-state index is 11.8. The molecular weight excluding hydrogens is 262 g/mol. The van der Waals surface area contributed by atoms with Gasteiger partial charge in [0.15, 0.2) is 5.13 Å². The van der Waals surface area contributed by atoms with Gasteiger partial charge in [0, 0.05) is 6.20 Å². The summed E-state index contributed by atoms with van der Waals surface area (Å²) in [4.78, 5) is 16.2. The van der Waals surface area contributed by atoms with Crippen molar-refractivity contribution >= 4 is 38.3 Å². The lowest BCUT2D eigenvalue weighted by atomic mass is 10.3. The molecule has 1 amide bonds. The van der Waals surface area contributed by atoms with E-state index in [4.69, 9.17) is 5.73 Å². The molecule has 0 aliphatic carbocycles. The van der Waals surface area contributed by atoms with E-state index in [0.717, 1.165) is 10.2 Å². The van der Waals surface area contributed by atoms with Crippen LogP contribution in [0.2, 0.25) is 0 Å². The number of thiazole rings is 1. The van der Waals surface area contributed by atoms with Gasteiger partial charge in [-0.3, -0.25) is 9.48 Å². The van der Waals surface area contributed by atoms with E-state index in [2.05, 4.69) is 15.4 Å². The molecule has 0 saturated carbocycles. The van der Waals surface area contributed by atoms with Gasteiger partial charge in [-0.15, -0.1) is 0 Å². The van der Waals surface area contributed by atoms with Gasteiger partial charge in [0.2, 0.25) is 5.91 Å². The lowest BCUT2D eigenvalue weighted by Gasteiger charge is -2.01. The van der Waals surface area contributed by atoms with Gasteiger partial charge in [-0.1, -0.05) is 23.5 Å². The highest BCUT2D eigenvalue weighted by Crippen LogP contribution is 2.25. The number of carbonyl (C=O) groups is 1. The average Bonchev–Trinajstić information content (AvgIpc) is 2.94. The highest BCUT2D eigenvalue weighted by Gasteiger charge is 2.08. The van der Waals surface area contributed by atoms with Crippen LogP contribution in [0.1, 0.15) is 0 Å².